The van der Waals surface area contributed by atoms with Crippen molar-refractivity contribution in [3.8, 4) is 11.5 Å². The SMILES string of the molecule is COc1cccc(N)c1OC(F)(F)F. The van der Waals surface area contributed by atoms with Crippen LogP contribution in [0.15, 0.2) is 18.2 Å². The van der Waals surface area contributed by atoms with E-state index in [-0.39, 0.29) is 11.4 Å². The molecule has 0 aliphatic carbocycles. The Hall–Kier alpha value is -1.59. The van der Waals surface area contributed by atoms with Crippen LogP contribution in [-0.4, -0.2) is 13.5 Å². The number of ether oxygens (including phenoxy) is 2. The van der Waals surface area contributed by atoms with E-state index in [0.717, 1.165) is 0 Å². The standard InChI is InChI=1S/C8H8F3NO2/c1-13-6-4-2-3-5(12)7(6)14-8(9,10)11/h2-4H,12H2,1H3. The number of nitrogens with two attached hydrogens (primary N) is 1. The molecule has 3 nitrogen and oxygen atoms in total. The van der Waals surface area contributed by atoms with Crippen molar-refractivity contribution >= 4 is 5.69 Å². The van der Waals surface area contributed by atoms with E-state index in [1.807, 2.05) is 0 Å². The van der Waals surface area contributed by atoms with Gasteiger partial charge in [-0.2, -0.15) is 0 Å². The zero-order valence-electron chi connectivity index (χ0n) is 7.26. The van der Waals surface area contributed by atoms with Crippen molar-refractivity contribution in [2.24, 2.45) is 0 Å². The summed E-state index contributed by atoms with van der Waals surface area (Å²) in [5.41, 5.74) is 5.18. The van der Waals surface area contributed by atoms with Crippen molar-refractivity contribution in [2.45, 2.75) is 6.36 Å². The molecule has 0 aliphatic rings. The Balaban J connectivity index is 3.05. The number of benzene rings is 1. The molecule has 0 heterocycles. The van der Waals surface area contributed by atoms with Crippen LogP contribution in [0.2, 0.25) is 0 Å². The third-order valence-corrected chi connectivity index (χ3v) is 1.45. The molecule has 1 rings (SSSR count). The number of hydrogen-bond donors (Lipinski definition) is 1. The molecule has 0 aromatic heterocycles. The summed E-state index contributed by atoms with van der Waals surface area (Å²) < 4.78 is 44.1. The molecule has 0 saturated heterocycles. The first kappa shape index (κ1) is 10.5. The smallest absolute Gasteiger partial charge is 0.493 e. The Morgan fingerprint density at radius 3 is 2.43 bits per heavy atom. The largest absolute Gasteiger partial charge is 0.573 e. The summed E-state index contributed by atoms with van der Waals surface area (Å²) in [6.07, 6.45) is -4.78. The Morgan fingerprint density at radius 1 is 1.29 bits per heavy atom. The van der Waals surface area contributed by atoms with Crippen molar-refractivity contribution in [3.05, 3.63) is 18.2 Å². The van der Waals surface area contributed by atoms with Crippen molar-refractivity contribution < 1.29 is 22.6 Å². The Kier molecular flexibility index (Phi) is 2.73. The summed E-state index contributed by atoms with van der Waals surface area (Å²) in [6.45, 7) is 0. The number of para-hydroxylation sites is 1. The maximum atomic E-state index is 11.9. The summed E-state index contributed by atoms with van der Waals surface area (Å²) in [5, 5.41) is 0. The normalized spacial score (nSPS) is 11.1. The number of rotatable bonds is 2. The summed E-state index contributed by atoms with van der Waals surface area (Å²) >= 11 is 0. The van der Waals surface area contributed by atoms with Crippen LogP contribution in [0.5, 0.6) is 11.5 Å². The first-order valence-corrected chi connectivity index (χ1v) is 3.62. The summed E-state index contributed by atoms with van der Waals surface area (Å²) in [4.78, 5) is 0. The predicted octanol–water partition coefficient (Wildman–Crippen LogP) is 2.18. The van der Waals surface area contributed by atoms with Crippen molar-refractivity contribution in [3.63, 3.8) is 0 Å². The number of nitrogen functional groups attached to an aromatic ring is 1. The van der Waals surface area contributed by atoms with Gasteiger partial charge in [0.2, 0.25) is 0 Å². The van der Waals surface area contributed by atoms with Gasteiger partial charge in [0.15, 0.2) is 11.5 Å². The van der Waals surface area contributed by atoms with Crippen LogP contribution < -0.4 is 15.2 Å². The van der Waals surface area contributed by atoms with Crippen molar-refractivity contribution in [2.75, 3.05) is 12.8 Å². The average molecular weight is 207 g/mol. The first-order chi connectivity index (χ1) is 6.44. The molecule has 0 saturated carbocycles. The monoisotopic (exact) mass is 207 g/mol. The highest BCUT2D eigenvalue weighted by Gasteiger charge is 2.33. The van der Waals surface area contributed by atoms with Gasteiger partial charge in [0.1, 0.15) is 0 Å². The van der Waals surface area contributed by atoms with Crippen LogP contribution in [0.4, 0.5) is 18.9 Å². The molecule has 0 unspecified atom stereocenters. The number of alkyl halides is 3. The quantitative estimate of drug-likeness (QED) is 0.756. The third-order valence-electron chi connectivity index (χ3n) is 1.45. The Labute approximate surface area is 78.2 Å². The maximum Gasteiger partial charge on any atom is 0.573 e. The zero-order chi connectivity index (χ0) is 10.8. The van der Waals surface area contributed by atoms with E-state index in [9.17, 15) is 13.2 Å². The van der Waals surface area contributed by atoms with Gasteiger partial charge in [-0.25, -0.2) is 0 Å². The predicted molar refractivity (Wildman–Crippen MR) is 44.1 cm³/mol. The molecule has 0 atom stereocenters. The van der Waals surface area contributed by atoms with E-state index in [2.05, 4.69) is 9.47 Å². The number of hydrogen-bond acceptors (Lipinski definition) is 3. The van der Waals surface area contributed by atoms with Gasteiger partial charge in [-0.05, 0) is 12.1 Å². The van der Waals surface area contributed by atoms with E-state index < -0.39 is 12.1 Å². The molecule has 78 valence electrons. The summed E-state index contributed by atoms with van der Waals surface area (Å²) in [6, 6.07) is 4.10. The molecule has 14 heavy (non-hydrogen) atoms. The van der Waals surface area contributed by atoms with E-state index >= 15 is 0 Å². The van der Waals surface area contributed by atoms with Crippen LogP contribution in [-0.2, 0) is 0 Å². The second-order valence-corrected chi connectivity index (χ2v) is 2.43. The first-order valence-electron chi connectivity index (χ1n) is 3.62. The van der Waals surface area contributed by atoms with Gasteiger partial charge in [0, 0.05) is 0 Å². The molecular weight excluding hydrogens is 199 g/mol. The average Bonchev–Trinajstić information content (AvgIpc) is 2.06. The lowest BCUT2D eigenvalue weighted by Crippen LogP contribution is -2.18. The van der Waals surface area contributed by atoms with E-state index in [0.29, 0.717) is 0 Å². The minimum absolute atomic E-state index is 0.0534. The Morgan fingerprint density at radius 2 is 1.93 bits per heavy atom. The molecule has 0 bridgehead atoms. The lowest BCUT2D eigenvalue weighted by atomic mass is 10.3. The summed E-state index contributed by atoms with van der Waals surface area (Å²) in [7, 11) is 1.23. The molecule has 1 aromatic carbocycles. The molecule has 0 radical (unpaired) electrons. The van der Waals surface area contributed by atoms with E-state index in [1.165, 1.54) is 25.3 Å². The molecular formula is C8H8F3NO2. The van der Waals surface area contributed by atoms with Crippen LogP contribution in [0.1, 0.15) is 0 Å². The van der Waals surface area contributed by atoms with Gasteiger partial charge in [0.25, 0.3) is 0 Å². The number of methoxy groups -OCH3 is 1. The number of anilines is 1. The fourth-order valence-corrected chi connectivity index (χ4v) is 0.918. The maximum absolute atomic E-state index is 11.9. The van der Waals surface area contributed by atoms with E-state index in [4.69, 9.17) is 5.73 Å². The molecule has 0 aliphatic heterocycles. The molecule has 0 spiro atoms. The van der Waals surface area contributed by atoms with E-state index in [1.54, 1.807) is 0 Å². The molecule has 1 aromatic rings. The van der Waals surface area contributed by atoms with Crippen LogP contribution in [0, 0.1) is 0 Å². The Bertz CT molecular complexity index is 325. The second-order valence-electron chi connectivity index (χ2n) is 2.43. The van der Waals surface area contributed by atoms with Crippen molar-refractivity contribution in [1.29, 1.82) is 0 Å². The fourth-order valence-electron chi connectivity index (χ4n) is 0.918. The van der Waals surface area contributed by atoms with Crippen molar-refractivity contribution in [1.82, 2.24) is 0 Å². The lowest BCUT2D eigenvalue weighted by Gasteiger charge is -2.13. The molecule has 0 fully saturated rings. The van der Waals surface area contributed by atoms with Crippen LogP contribution in [0.25, 0.3) is 0 Å². The molecule has 6 heteroatoms. The molecule has 2 N–H and O–H groups in total. The topological polar surface area (TPSA) is 44.5 Å². The van der Waals surface area contributed by atoms with Gasteiger partial charge < -0.3 is 15.2 Å². The third kappa shape index (κ3) is 2.45. The highest BCUT2D eigenvalue weighted by atomic mass is 19.4. The minimum atomic E-state index is -4.78. The number of halogens is 3. The second kappa shape index (κ2) is 3.65. The van der Waals surface area contributed by atoms with Gasteiger partial charge >= 0.3 is 6.36 Å². The highest BCUT2D eigenvalue weighted by Crippen LogP contribution is 2.36. The fraction of sp³-hybridized carbons (Fsp3) is 0.250. The zero-order valence-corrected chi connectivity index (χ0v) is 7.26. The lowest BCUT2D eigenvalue weighted by molar-refractivity contribution is -0.274. The summed E-state index contributed by atoms with van der Waals surface area (Å²) in [5.74, 6) is -0.565. The van der Waals surface area contributed by atoms with Gasteiger partial charge in [-0.1, -0.05) is 6.07 Å². The minimum Gasteiger partial charge on any atom is -0.493 e. The highest BCUT2D eigenvalue weighted by molar-refractivity contribution is 5.60. The van der Waals surface area contributed by atoms with Gasteiger partial charge in [-0.3, -0.25) is 0 Å². The molecule has 0 amide bonds. The van der Waals surface area contributed by atoms with Gasteiger partial charge in [-0.15, -0.1) is 13.2 Å². The van der Waals surface area contributed by atoms with Gasteiger partial charge in [0.05, 0.1) is 12.8 Å². The van der Waals surface area contributed by atoms with Crippen LogP contribution >= 0.6 is 0 Å². The van der Waals surface area contributed by atoms with Crippen LogP contribution in [0.3, 0.4) is 0 Å².